The number of sulfone groups is 1. The predicted octanol–water partition coefficient (Wildman–Crippen LogP) is 12.5. The summed E-state index contributed by atoms with van der Waals surface area (Å²) in [6.07, 6.45) is 0. The molecule has 16 heteroatoms. The molecule has 7 nitrogen and oxygen atoms in total. The maximum atomic E-state index is 15.1. The lowest BCUT2D eigenvalue weighted by molar-refractivity contribution is 0.350. The first-order chi connectivity index (χ1) is 29.1. The third kappa shape index (κ3) is 7.90. The molecule has 0 aliphatic rings. The Morgan fingerprint density at radius 2 is 0.787 bits per heavy atom. The molecule has 0 radical (unpaired) electrons. The molecule has 7 aromatic carbocycles. The quantitative estimate of drug-likeness (QED) is 0.0944. The molecule has 308 valence electrons. The second-order valence-electron chi connectivity index (χ2n) is 13.0. The second-order valence-corrected chi connectivity index (χ2v) is 14.8. The molecule has 0 unspecified atom stereocenters. The molecule has 0 aromatic heterocycles. The van der Waals surface area contributed by atoms with E-state index in [4.69, 9.17) is 18.9 Å². The van der Waals surface area contributed by atoms with Gasteiger partial charge < -0.3 is 18.9 Å². The Morgan fingerprint density at radius 1 is 0.459 bits per heavy atom. The van der Waals surface area contributed by atoms with Crippen molar-refractivity contribution >= 4 is 9.84 Å². The number of nitriles is 1. The summed E-state index contributed by atoms with van der Waals surface area (Å²) in [5.41, 5.74) is 1.84. The predicted molar refractivity (Wildman–Crippen MR) is 204 cm³/mol. The zero-order chi connectivity index (χ0) is 43.7. The van der Waals surface area contributed by atoms with Gasteiger partial charge in [0.05, 0.1) is 7.11 Å². The van der Waals surface area contributed by atoms with Gasteiger partial charge in [-0.25, -0.2) is 34.8 Å². The van der Waals surface area contributed by atoms with E-state index in [0.29, 0.717) is 29.5 Å². The normalized spacial score (nSPS) is 11.2. The molecule has 7 aromatic rings. The summed E-state index contributed by atoms with van der Waals surface area (Å²) in [5, 5.41) is 10.0. The minimum Gasteiger partial charge on any atom is -0.497 e. The molecular weight excluding hydrogens is 835 g/mol. The summed E-state index contributed by atoms with van der Waals surface area (Å²) in [5.74, 6) is -19.9. The first kappa shape index (κ1) is 41.8. The fourth-order valence-electron chi connectivity index (χ4n) is 6.07. The van der Waals surface area contributed by atoms with Gasteiger partial charge in [0.25, 0.3) is 0 Å². The number of methoxy groups -OCH3 is 1. The van der Waals surface area contributed by atoms with Crippen molar-refractivity contribution in [1.29, 1.82) is 5.26 Å². The molecule has 0 N–H and O–H groups in total. The van der Waals surface area contributed by atoms with Crippen LogP contribution in [-0.4, -0.2) is 15.5 Å². The summed E-state index contributed by atoms with van der Waals surface area (Å²) >= 11 is 0. The van der Waals surface area contributed by atoms with Crippen molar-refractivity contribution in [3.63, 3.8) is 0 Å². The van der Waals surface area contributed by atoms with Gasteiger partial charge in [-0.1, -0.05) is 54.6 Å². The van der Waals surface area contributed by atoms with Crippen LogP contribution in [0.25, 0.3) is 22.3 Å². The number of hydrogen-bond donors (Lipinski definition) is 0. The van der Waals surface area contributed by atoms with Crippen molar-refractivity contribution < 1.29 is 62.5 Å². The first-order valence-electron chi connectivity index (χ1n) is 17.6. The van der Waals surface area contributed by atoms with E-state index in [1.807, 2.05) is 36.4 Å². The topological polar surface area (TPSA) is 94.8 Å². The smallest absolute Gasteiger partial charge is 0.218 e. The number of nitrogens with zero attached hydrogens (tertiary/aromatic N) is 1. The van der Waals surface area contributed by atoms with E-state index in [1.165, 1.54) is 12.1 Å². The molecule has 0 heterocycles. The minimum absolute atomic E-state index is 0.130. The maximum absolute atomic E-state index is 15.1. The summed E-state index contributed by atoms with van der Waals surface area (Å²) in [6.45, 7) is 0.551. The van der Waals surface area contributed by atoms with Gasteiger partial charge >= 0.3 is 0 Å². The van der Waals surface area contributed by atoms with E-state index >= 15 is 17.6 Å². The third-order valence-electron chi connectivity index (χ3n) is 9.26. The summed E-state index contributed by atoms with van der Waals surface area (Å²) in [7, 11) is -4.70. The lowest BCUT2D eigenvalue weighted by Crippen LogP contribution is -2.17. The molecule has 0 aliphatic heterocycles. The third-order valence-corrected chi connectivity index (χ3v) is 11.0. The highest BCUT2D eigenvalue weighted by Crippen LogP contribution is 2.41. The van der Waals surface area contributed by atoms with Crippen LogP contribution < -0.4 is 18.9 Å². The number of ether oxygens (including phenoxy) is 4. The van der Waals surface area contributed by atoms with Gasteiger partial charge in [-0.2, -0.15) is 14.0 Å². The van der Waals surface area contributed by atoms with E-state index in [1.54, 1.807) is 61.7 Å². The number of hydrogen-bond acceptors (Lipinski definition) is 7. The zero-order valence-electron chi connectivity index (χ0n) is 31.3. The van der Waals surface area contributed by atoms with Crippen LogP contribution >= 0.6 is 0 Å². The fourth-order valence-corrected chi connectivity index (χ4v) is 7.58. The molecular formula is C45H25F8NO6S. The van der Waals surface area contributed by atoms with Crippen LogP contribution in [0.5, 0.6) is 40.2 Å². The Morgan fingerprint density at radius 3 is 1.13 bits per heavy atom. The zero-order valence-corrected chi connectivity index (χ0v) is 32.1. The standard InChI is InChI=1S/C45H25F8NO6S/c1-23-35(46)39(50)44(40(51)36(23)47)61(55,56)45-41(52)37(48)43(38(49)42(45)53)60-31-20-12-27(13-21-31)26-10-18-30(19-11-26)59-34-5-3-4-33(32(34)22-54)58-29-16-8-25(9-17-29)24-6-14-28(57-2)15-7-24/h3-21H,1-2H3. The van der Waals surface area contributed by atoms with Crippen LogP contribution in [0.4, 0.5) is 35.1 Å². The van der Waals surface area contributed by atoms with Crippen LogP contribution in [0.1, 0.15) is 11.1 Å². The molecule has 0 bridgehead atoms. The van der Waals surface area contributed by atoms with Gasteiger partial charge in [-0.15, -0.1) is 0 Å². The van der Waals surface area contributed by atoms with Crippen molar-refractivity contribution in [2.75, 3.05) is 7.11 Å². The molecule has 0 spiro atoms. The molecule has 7 rings (SSSR count). The van der Waals surface area contributed by atoms with E-state index in [-0.39, 0.29) is 17.1 Å². The van der Waals surface area contributed by atoms with Gasteiger partial charge in [0.2, 0.25) is 27.2 Å². The Hall–Kier alpha value is -7.38. The molecule has 0 atom stereocenters. The van der Waals surface area contributed by atoms with Crippen LogP contribution in [-0.2, 0) is 9.84 Å². The average Bonchev–Trinajstić information content (AvgIpc) is 3.26. The number of halogens is 8. The summed E-state index contributed by atoms with van der Waals surface area (Å²) in [6, 6.07) is 33.4. The van der Waals surface area contributed by atoms with Crippen LogP contribution in [0.2, 0.25) is 0 Å². The van der Waals surface area contributed by atoms with E-state index in [9.17, 15) is 31.2 Å². The highest BCUT2D eigenvalue weighted by Gasteiger charge is 2.40. The summed E-state index contributed by atoms with van der Waals surface area (Å²) in [4.78, 5) is -5.04. The molecule has 0 amide bonds. The highest BCUT2D eigenvalue weighted by molar-refractivity contribution is 7.91. The average molecular weight is 860 g/mol. The van der Waals surface area contributed by atoms with E-state index in [0.717, 1.165) is 29.0 Å². The van der Waals surface area contributed by atoms with Crippen molar-refractivity contribution in [3.8, 4) is 68.6 Å². The van der Waals surface area contributed by atoms with E-state index in [2.05, 4.69) is 6.07 Å². The van der Waals surface area contributed by atoms with Gasteiger partial charge in [-0.05, 0) is 89.8 Å². The van der Waals surface area contributed by atoms with Gasteiger partial charge in [0.15, 0.2) is 34.9 Å². The van der Waals surface area contributed by atoms with Crippen molar-refractivity contribution in [2.24, 2.45) is 0 Å². The van der Waals surface area contributed by atoms with Crippen molar-refractivity contribution in [3.05, 3.63) is 173 Å². The summed E-state index contributed by atoms with van der Waals surface area (Å²) < 4.78 is 166. The molecule has 0 fully saturated rings. The molecule has 0 saturated carbocycles. The number of rotatable bonds is 11. The Balaban J connectivity index is 1.05. The molecule has 61 heavy (non-hydrogen) atoms. The van der Waals surface area contributed by atoms with Crippen LogP contribution in [0.15, 0.2) is 125 Å². The number of benzene rings is 7. The lowest BCUT2D eigenvalue weighted by atomic mass is 10.1. The minimum atomic E-state index is -6.29. The first-order valence-corrected chi connectivity index (χ1v) is 19.1. The van der Waals surface area contributed by atoms with Crippen molar-refractivity contribution in [1.82, 2.24) is 0 Å². The largest absolute Gasteiger partial charge is 0.497 e. The van der Waals surface area contributed by atoms with Gasteiger partial charge in [-0.3, -0.25) is 0 Å². The molecule has 0 aliphatic carbocycles. The molecule has 0 saturated heterocycles. The van der Waals surface area contributed by atoms with Gasteiger partial charge in [0.1, 0.15) is 55.9 Å². The van der Waals surface area contributed by atoms with Crippen molar-refractivity contribution in [2.45, 2.75) is 16.7 Å². The Bertz CT molecular complexity index is 2920. The fraction of sp³-hybridized carbons (Fsp3) is 0.0444. The maximum Gasteiger partial charge on any atom is 0.218 e. The van der Waals surface area contributed by atoms with Crippen LogP contribution in [0.3, 0.4) is 0 Å². The Labute approximate surface area is 342 Å². The highest BCUT2D eigenvalue weighted by atomic mass is 32.2. The SMILES string of the molecule is COc1ccc(-c2ccc(Oc3cccc(Oc4ccc(-c5ccc(Oc6c(F)c(F)c(S(=O)(=O)c7c(F)c(F)c(C)c(F)c7F)c(F)c6F)cc5)cc4)c3C#N)cc2)cc1. The van der Waals surface area contributed by atoms with E-state index < -0.39 is 83.2 Å². The monoisotopic (exact) mass is 859 g/mol. The Kier molecular flexibility index (Phi) is 11.4. The lowest BCUT2D eigenvalue weighted by Gasteiger charge is -2.15. The van der Waals surface area contributed by atoms with Gasteiger partial charge in [0, 0.05) is 5.56 Å². The van der Waals surface area contributed by atoms with Crippen LogP contribution in [0, 0.1) is 64.8 Å². The second kappa shape index (κ2) is 16.7.